The second-order valence-corrected chi connectivity index (χ2v) is 6.28. The molecule has 0 aliphatic rings. The summed E-state index contributed by atoms with van der Waals surface area (Å²) in [6.07, 6.45) is 2.39. The Hall–Kier alpha value is -2.25. The monoisotopic (exact) mass is 360 g/mol. The summed E-state index contributed by atoms with van der Waals surface area (Å²) in [5.41, 5.74) is 0.787. The molecule has 2 heterocycles. The highest BCUT2D eigenvalue weighted by Gasteiger charge is 2.19. The van der Waals surface area contributed by atoms with Crippen molar-refractivity contribution in [1.29, 1.82) is 0 Å². The van der Waals surface area contributed by atoms with Crippen LogP contribution in [-0.2, 0) is 12.8 Å². The van der Waals surface area contributed by atoms with Crippen molar-refractivity contribution in [2.45, 2.75) is 39.2 Å². The molecule has 0 saturated heterocycles. The standard InChI is InChI=1S/C17H21ClN6O/c1-4-7-15-21-16(17-20-14(23-25-17)10-11(2)19-3)22-24(15)13-9-6-5-8-12(13)18/h5-6,8-9,11,19H,4,7,10H2,1-3H3. The largest absolute Gasteiger partial charge is 0.330 e. The first-order chi connectivity index (χ1) is 12.1. The molecule has 2 aromatic heterocycles. The van der Waals surface area contributed by atoms with Gasteiger partial charge in [-0.15, -0.1) is 5.10 Å². The van der Waals surface area contributed by atoms with E-state index in [1.54, 1.807) is 4.68 Å². The zero-order valence-electron chi connectivity index (χ0n) is 14.5. The van der Waals surface area contributed by atoms with Crippen molar-refractivity contribution in [3.05, 3.63) is 40.9 Å². The van der Waals surface area contributed by atoms with Crippen molar-refractivity contribution in [1.82, 2.24) is 30.2 Å². The van der Waals surface area contributed by atoms with E-state index in [0.29, 0.717) is 29.0 Å². The number of hydrogen-bond acceptors (Lipinski definition) is 6. The van der Waals surface area contributed by atoms with Crippen molar-refractivity contribution in [2.75, 3.05) is 7.05 Å². The van der Waals surface area contributed by atoms with Crippen LogP contribution in [0.3, 0.4) is 0 Å². The van der Waals surface area contributed by atoms with Crippen LogP contribution in [0.1, 0.15) is 31.9 Å². The van der Waals surface area contributed by atoms with Gasteiger partial charge in [0.15, 0.2) is 5.82 Å². The normalized spacial score (nSPS) is 12.5. The lowest BCUT2D eigenvalue weighted by Gasteiger charge is -2.06. The topological polar surface area (TPSA) is 81.7 Å². The van der Waals surface area contributed by atoms with Crippen LogP contribution >= 0.6 is 11.6 Å². The molecule has 1 atom stereocenters. The number of aryl methyl sites for hydroxylation is 1. The zero-order valence-corrected chi connectivity index (χ0v) is 15.3. The van der Waals surface area contributed by atoms with Gasteiger partial charge in [-0.1, -0.05) is 35.8 Å². The second-order valence-electron chi connectivity index (χ2n) is 5.87. The summed E-state index contributed by atoms with van der Waals surface area (Å²) in [6, 6.07) is 7.80. The number of benzene rings is 1. The van der Waals surface area contributed by atoms with Crippen LogP contribution in [0, 0.1) is 0 Å². The van der Waals surface area contributed by atoms with E-state index in [-0.39, 0.29) is 6.04 Å². The Labute approximate surface area is 151 Å². The summed E-state index contributed by atoms with van der Waals surface area (Å²) in [5.74, 6) is 2.18. The SMILES string of the molecule is CCCc1nc(-c2nc(CC(C)NC)no2)nn1-c1ccccc1Cl. The first kappa shape index (κ1) is 17.6. The molecule has 0 bridgehead atoms. The van der Waals surface area contributed by atoms with E-state index in [4.69, 9.17) is 16.1 Å². The van der Waals surface area contributed by atoms with Gasteiger partial charge in [0.05, 0.1) is 10.7 Å². The zero-order chi connectivity index (χ0) is 17.8. The van der Waals surface area contributed by atoms with Crippen LogP contribution in [0.15, 0.2) is 28.8 Å². The van der Waals surface area contributed by atoms with Crippen molar-refractivity contribution >= 4 is 11.6 Å². The third kappa shape index (κ3) is 3.88. The number of halogens is 1. The van der Waals surface area contributed by atoms with Crippen LogP contribution in [0.2, 0.25) is 5.02 Å². The van der Waals surface area contributed by atoms with Crippen molar-refractivity contribution in [2.24, 2.45) is 0 Å². The number of para-hydroxylation sites is 1. The highest BCUT2D eigenvalue weighted by Crippen LogP contribution is 2.23. The number of nitrogens with zero attached hydrogens (tertiary/aromatic N) is 5. The fourth-order valence-corrected chi connectivity index (χ4v) is 2.66. The van der Waals surface area contributed by atoms with E-state index in [2.05, 4.69) is 39.4 Å². The number of hydrogen-bond donors (Lipinski definition) is 1. The highest BCUT2D eigenvalue weighted by molar-refractivity contribution is 6.32. The van der Waals surface area contributed by atoms with Gasteiger partial charge in [0.25, 0.3) is 5.89 Å². The average Bonchev–Trinajstić information content (AvgIpc) is 3.23. The van der Waals surface area contributed by atoms with Crippen LogP contribution in [0.4, 0.5) is 0 Å². The molecular weight excluding hydrogens is 340 g/mol. The molecule has 0 aliphatic heterocycles. The highest BCUT2D eigenvalue weighted by atomic mass is 35.5. The van der Waals surface area contributed by atoms with Crippen molar-refractivity contribution < 1.29 is 4.52 Å². The van der Waals surface area contributed by atoms with Gasteiger partial charge in [-0.2, -0.15) is 4.98 Å². The van der Waals surface area contributed by atoms with Gasteiger partial charge in [0, 0.05) is 18.9 Å². The number of rotatable bonds is 7. The van der Waals surface area contributed by atoms with Gasteiger partial charge < -0.3 is 9.84 Å². The maximum atomic E-state index is 6.32. The van der Waals surface area contributed by atoms with E-state index in [1.807, 2.05) is 31.3 Å². The molecule has 3 aromatic rings. The number of aromatic nitrogens is 5. The van der Waals surface area contributed by atoms with E-state index < -0.39 is 0 Å². The fourth-order valence-electron chi connectivity index (χ4n) is 2.44. The Balaban J connectivity index is 1.96. The van der Waals surface area contributed by atoms with E-state index in [9.17, 15) is 0 Å². The lowest BCUT2D eigenvalue weighted by atomic mass is 10.2. The smallest absolute Gasteiger partial charge is 0.297 e. The minimum absolute atomic E-state index is 0.259. The molecule has 1 aromatic carbocycles. The third-order valence-electron chi connectivity index (χ3n) is 3.87. The molecule has 8 heteroatoms. The van der Waals surface area contributed by atoms with Gasteiger partial charge in [-0.25, -0.2) is 9.67 Å². The molecule has 0 amide bonds. The summed E-state index contributed by atoms with van der Waals surface area (Å²) in [7, 11) is 1.90. The molecule has 1 N–H and O–H groups in total. The Morgan fingerprint density at radius 2 is 2.08 bits per heavy atom. The molecule has 0 fully saturated rings. The molecule has 0 radical (unpaired) electrons. The molecule has 0 saturated carbocycles. The van der Waals surface area contributed by atoms with Gasteiger partial charge in [-0.3, -0.25) is 0 Å². The van der Waals surface area contributed by atoms with E-state index in [1.165, 1.54) is 0 Å². The summed E-state index contributed by atoms with van der Waals surface area (Å²) in [5, 5.41) is 12.3. The minimum atomic E-state index is 0.259. The van der Waals surface area contributed by atoms with E-state index >= 15 is 0 Å². The molecular formula is C17H21ClN6O. The molecule has 0 aliphatic carbocycles. The first-order valence-corrected chi connectivity index (χ1v) is 8.71. The summed E-state index contributed by atoms with van der Waals surface area (Å²) in [4.78, 5) is 8.99. The lowest BCUT2D eigenvalue weighted by Crippen LogP contribution is -2.24. The Bertz CT molecular complexity index is 843. The molecule has 3 rings (SSSR count). The van der Waals surface area contributed by atoms with Crippen LogP contribution in [-0.4, -0.2) is 38.0 Å². The predicted octanol–water partition coefficient (Wildman–Crippen LogP) is 3.07. The van der Waals surface area contributed by atoms with E-state index in [0.717, 1.165) is 24.4 Å². The third-order valence-corrected chi connectivity index (χ3v) is 4.19. The first-order valence-electron chi connectivity index (χ1n) is 8.33. The molecule has 7 nitrogen and oxygen atoms in total. The fraction of sp³-hybridized carbons (Fsp3) is 0.412. The van der Waals surface area contributed by atoms with Crippen LogP contribution in [0.5, 0.6) is 0 Å². The van der Waals surface area contributed by atoms with Gasteiger partial charge in [0.2, 0.25) is 5.82 Å². The van der Waals surface area contributed by atoms with Gasteiger partial charge >= 0.3 is 0 Å². The second kappa shape index (κ2) is 7.76. The average molecular weight is 361 g/mol. The molecule has 1 unspecified atom stereocenters. The molecule has 25 heavy (non-hydrogen) atoms. The van der Waals surface area contributed by atoms with Crippen molar-refractivity contribution in [3.8, 4) is 17.4 Å². The maximum absolute atomic E-state index is 6.32. The number of nitrogens with one attached hydrogen (secondary N) is 1. The molecule has 132 valence electrons. The summed E-state index contributed by atoms with van der Waals surface area (Å²) in [6.45, 7) is 4.15. The summed E-state index contributed by atoms with van der Waals surface area (Å²) >= 11 is 6.32. The molecule has 0 spiro atoms. The number of likely N-dealkylation sites (N-methyl/N-ethyl adjacent to an activating group) is 1. The maximum Gasteiger partial charge on any atom is 0.297 e. The Morgan fingerprint density at radius 1 is 1.28 bits per heavy atom. The Morgan fingerprint density at radius 3 is 2.80 bits per heavy atom. The minimum Gasteiger partial charge on any atom is -0.330 e. The van der Waals surface area contributed by atoms with Crippen LogP contribution < -0.4 is 5.32 Å². The van der Waals surface area contributed by atoms with Crippen LogP contribution in [0.25, 0.3) is 17.4 Å². The predicted molar refractivity (Wildman–Crippen MR) is 95.9 cm³/mol. The van der Waals surface area contributed by atoms with Crippen molar-refractivity contribution in [3.63, 3.8) is 0 Å². The van der Waals surface area contributed by atoms with Gasteiger partial charge in [-0.05, 0) is 32.5 Å². The quantitative estimate of drug-likeness (QED) is 0.697. The summed E-state index contributed by atoms with van der Waals surface area (Å²) < 4.78 is 7.10. The lowest BCUT2D eigenvalue weighted by molar-refractivity contribution is 0.415. The Kier molecular flexibility index (Phi) is 5.45. The van der Waals surface area contributed by atoms with Gasteiger partial charge in [0.1, 0.15) is 5.82 Å².